The van der Waals surface area contributed by atoms with Crippen LogP contribution in [-0.2, 0) is 4.74 Å². The van der Waals surface area contributed by atoms with Crippen LogP contribution < -0.4 is 0 Å². The summed E-state index contributed by atoms with van der Waals surface area (Å²) >= 11 is 0. The zero-order chi connectivity index (χ0) is 14.3. The van der Waals surface area contributed by atoms with Crippen molar-refractivity contribution in [2.75, 3.05) is 6.61 Å². The smallest absolute Gasteiger partial charge is 0.450 e. The van der Waals surface area contributed by atoms with Crippen LogP contribution in [0.25, 0.3) is 0 Å². The number of rotatable bonds is 13. The molecular weight excluding hydrogens is 240 g/mol. The van der Waals surface area contributed by atoms with Crippen molar-refractivity contribution in [1.29, 1.82) is 0 Å². The van der Waals surface area contributed by atoms with Crippen LogP contribution in [0.4, 0.5) is 4.79 Å². The predicted octanol–water partition coefficient (Wildman–Crippen LogP) is 5.63. The van der Waals surface area contributed by atoms with Gasteiger partial charge in [0.15, 0.2) is 0 Å². The van der Waals surface area contributed by atoms with Crippen molar-refractivity contribution in [3.63, 3.8) is 0 Å². The minimum Gasteiger partial charge on any atom is -0.450 e. The van der Waals surface area contributed by atoms with Gasteiger partial charge >= 0.3 is 6.16 Å². The molecule has 0 radical (unpaired) electrons. The lowest BCUT2D eigenvalue weighted by atomic mass is 9.95. The summed E-state index contributed by atoms with van der Waals surface area (Å²) in [5, 5.41) is 8.58. The molecule has 0 aliphatic heterocycles. The van der Waals surface area contributed by atoms with E-state index in [0.717, 1.165) is 12.8 Å². The Morgan fingerprint density at radius 1 is 0.895 bits per heavy atom. The first-order chi connectivity index (χ1) is 9.20. The predicted molar refractivity (Wildman–Crippen MR) is 79.6 cm³/mol. The molecule has 0 aromatic heterocycles. The third kappa shape index (κ3) is 13.5. The van der Waals surface area contributed by atoms with E-state index in [-0.39, 0.29) is 0 Å². The third-order valence-corrected chi connectivity index (χ3v) is 3.62. The monoisotopic (exact) mass is 272 g/mol. The van der Waals surface area contributed by atoms with Crippen molar-refractivity contribution >= 4 is 6.16 Å². The van der Waals surface area contributed by atoms with Crippen LogP contribution in [0.3, 0.4) is 0 Å². The molecule has 0 aromatic carbocycles. The summed E-state index contributed by atoms with van der Waals surface area (Å²) in [5.74, 6) is 0.425. The van der Waals surface area contributed by atoms with Crippen LogP contribution in [0, 0.1) is 5.92 Å². The van der Waals surface area contributed by atoms with Crippen LogP contribution in [0.15, 0.2) is 0 Å². The minimum absolute atomic E-state index is 0.383. The standard InChI is InChI=1S/C16H32O3/c1-3-5-7-8-9-11-13-15(12-10-6-4-2)14-19-16(17)18/h15H,3-14H2,1-2H3,(H,17,18). The van der Waals surface area contributed by atoms with Crippen molar-refractivity contribution in [2.45, 2.75) is 84.5 Å². The van der Waals surface area contributed by atoms with Gasteiger partial charge in [0.2, 0.25) is 0 Å². The fraction of sp³-hybridized carbons (Fsp3) is 0.938. The Hall–Kier alpha value is -0.730. The summed E-state index contributed by atoms with van der Waals surface area (Å²) in [6.45, 7) is 4.80. The molecule has 0 saturated heterocycles. The van der Waals surface area contributed by atoms with E-state index >= 15 is 0 Å². The minimum atomic E-state index is -1.14. The van der Waals surface area contributed by atoms with Gasteiger partial charge in [-0.3, -0.25) is 0 Å². The van der Waals surface area contributed by atoms with Gasteiger partial charge in [-0.25, -0.2) is 4.79 Å². The van der Waals surface area contributed by atoms with E-state index in [1.807, 2.05) is 0 Å². The normalized spacial score (nSPS) is 12.3. The van der Waals surface area contributed by atoms with E-state index in [2.05, 4.69) is 13.8 Å². The Morgan fingerprint density at radius 2 is 1.37 bits per heavy atom. The van der Waals surface area contributed by atoms with E-state index in [4.69, 9.17) is 9.84 Å². The molecule has 114 valence electrons. The highest BCUT2D eigenvalue weighted by Gasteiger charge is 2.11. The van der Waals surface area contributed by atoms with Gasteiger partial charge in [-0.2, -0.15) is 0 Å². The van der Waals surface area contributed by atoms with E-state index in [1.165, 1.54) is 57.8 Å². The Labute approximate surface area is 118 Å². The van der Waals surface area contributed by atoms with Gasteiger partial charge < -0.3 is 9.84 Å². The first-order valence-corrected chi connectivity index (χ1v) is 8.06. The Kier molecular flexibility index (Phi) is 13.2. The lowest BCUT2D eigenvalue weighted by Crippen LogP contribution is -2.13. The largest absolute Gasteiger partial charge is 0.505 e. The van der Waals surface area contributed by atoms with Crippen LogP contribution in [-0.4, -0.2) is 17.9 Å². The lowest BCUT2D eigenvalue weighted by molar-refractivity contribution is 0.0730. The highest BCUT2D eigenvalue weighted by molar-refractivity contribution is 5.56. The first-order valence-electron chi connectivity index (χ1n) is 8.06. The molecule has 0 amide bonds. The van der Waals surface area contributed by atoms with Crippen LogP contribution >= 0.6 is 0 Å². The lowest BCUT2D eigenvalue weighted by Gasteiger charge is -2.15. The Balaban J connectivity index is 3.67. The topological polar surface area (TPSA) is 46.5 Å². The molecule has 0 saturated carbocycles. The summed E-state index contributed by atoms with van der Waals surface area (Å²) in [5.41, 5.74) is 0. The molecule has 0 aliphatic rings. The number of unbranched alkanes of at least 4 members (excludes halogenated alkanes) is 7. The van der Waals surface area contributed by atoms with Gasteiger partial charge in [-0.1, -0.05) is 71.6 Å². The fourth-order valence-electron chi connectivity index (χ4n) is 2.40. The van der Waals surface area contributed by atoms with Crippen molar-refractivity contribution < 1.29 is 14.6 Å². The molecular formula is C16H32O3. The highest BCUT2D eigenvalue weighted by Crippen LogP contribution is 2.19. The zero-order valence-electron chi connectivity index (χ0n) is 12.8. The molecule has 3 nitrogen and oxygen atoms in total. The number of carboxylic acid groups (broad SMARTS) is 1. The number of hydrogen-bond donors (Lipinski definition) is 1. The molecule has 1 N–H and O–H groups in total. The molecule has 1 atom stereocenters. The molecule has 1 unspecified atom stereocenters. The zero-order valence-corrected chi connectivity index (χ0v) is 12.8. The quantitative estimate of drug-likeness (QED) is 0.349. The molecule has 19 heavy (non-hydrogen) atoms. The average Bonchev–Trinajstić information content (AvgIpc) is 2.39. The second kappa shape index (κ2) is 13.7. The molecule has 0 bridgehead atoms. The second-order valence-corrected chi connectivity index (χ2v) is 5.50. The van der Waals surface area contributed by atoms with Crippen molar-refractivity contribution in [3.8, 4) is 0 Å². The van der Waals surface area contributed by atoms with Gasteiger partial charge in [0.05, 0.1) is 6.61 Å². The first kappa shape index (κ1) is 18.3. The maximum atomic E-state index is 10.5. The van der Waals surface area contributed by atoms with Crippen molar-refractivity contribution in [3.05, 3.63) is 0 Å². The second-order valence-electron chi connectivity index (χ2n) is 5.50. The van der Waals surface area contributed by atoms with Gasteiger partial charge in [0.1, 0.15) is 0 Å². The van der Waals surface area contributed by atoms with E-state index in [1.54, 1.807) is 0 Å². The van der Waals surface area contributed by atoms with Crippen molar-refractivity contribution in [2.24, 2.45) is 5.92 Å². The molecule has 0 heterocycles. The van der Waals surface area contributed by atoms with Gasteiger partial charge in [-0.05, 0) is 18.8 Å². The van der Waals surface area contributed by atoms with Crippen LogP contribution in [0.2, 0.25) is 0 Å². The molecule has 0 spiro atoms. The third-order valence-electron chi connectivity index (χ3n) is 3.62. The number of hydrogen-bond acceptors (Lipinski definition) is 2. The van der Waals surface area contributed by atoms with Gasteiger partial charge in [-0.15, -0.1) is 0 Å². The number of carbonyl (C=O) groups is 1. The maximum Gasteiger partial charge on any atom is 0.505 e. The summed E-state index contributed by atoms with van der Waals surface area (Å²) in [7, 11) is 0. The van der Waals surface area contributed by atoms with Gasteiger partial charge in [0.25, 0.3) is 0 Å². The number of ether oxygens (including phenoxy) is 1. The summed E-state index contributed by atoms with van der Waals surface area (Å²) in [4.78, 5) is 10.5. The van der Waals surface area contributed by atoms with E-state index in [9.17, 15) is 4.79 Å². The molecule has 0 rings (SSSR count). The fourth-order valence-corrected chi connectivity index (χ4v) is 2.40. The summed E-state index contributed by atoms with van der Waals surface area (Å²) in [6.07, 6.45) is 12.5. The molecule has 0 aromatic rings. The molecule has 0 aliphatic carbocycles. The SMILES string of the molecule is CCCCCCCCC(CCCCC)COC(=O)O. The average molecular weight is 272 g/mol. The summed E-state index contributed by atoms with van der Waals surface area (Å²) in [6, 6.07) is 0. The van der Waals surface area contributed by atoms with Crippen LogP contribution in [0.1, 0.15) is 84.5 Å². The maximum absolute atomic E-state index is 10.5. The Morgan fingerprint density at radius 3 is 1.95 bits per heavy atom. The van der Waals surface area contributed by atoms with E-state index in [0.29, 0.717) is 12.5 Å². The van der Waals surface area contributed by atoms with Crippen molar-refractivity contribution in [1.82, 2.24) is 0 Å². The highest BCUT2D eigenvalue weighted by atomic mass is 16.7. The Bertz CT molecular complexity index is 204. The molecule has 3 heteroatoms. The summed E-state index contributed by atoms with van der Waals surface area (Å²) < 4.78 is 4.75. The van der Waals surface area contributed by atoms with E-state index < -0.39 is 6.16 Å². The molecule has 0 fully saturated rings. The van der Waals surface area contributed by atoms with Crippen LogP contribution in [0.5, 0.6) is 0 Å². The van der Waals surface area contributed by atoms with Gasteiger partial charge in [0, 0.05) is 0 Å².